The minimum Gasteiger partial charge on any atom is -0.486 e. The van der Waals surface area contributed by atoms with Crippen LogP contribution < -0.4 is 19.5 Å². The molecule has 1 aromatic carbocycles. The predicted molar refractivity (Wildman–Crippen MR) is 89.7 cm³/mol. The molecule has 2 N–H and O–H groups in total. The summed E-state index contributed by atoms with van der Waals surface area (Å²) in [5, 5.41) is 14.2. The fraction of sp³-hybridized carbons (Fsp3) is 0.538. The Morgan fingerprint density at radius 3 is 2.38 bits per heavy atom. The Bertz CT molecular complexity index is 683. The molecule has 1 aromatic rings. The zero-order valence-electron chi connectivity index (χ0n) is 13.1. The Balaban J connectivity index is 0.00000288. The van der Waals surface area contributed by atoms with E-state index in [4.69, 9.17) is 9.47 Å². The molecule has 0 unspecified atom stereocenters. The molecule has 1 aliphatic rings. The van der Waals surface area contributed by atoms with Crippen molar-refractivity contribution in [2.75, 3.05) is 32.8 Å². The second-order valence-electron chi connectivity index (χ2n) is 4.87. The number of rotatable bonds is 8. The summed E-state index contributed by atoms with van der Waals surface area (Å²) in [7, 11) is -4.02. The lowest BCUT2D eigenvalue weighted by molar-refractivity contribution is -0.388. The highest BCUT2D eigenvalue weighted by atomic mass is 35.5. The first-order valence-electron chi connectivity index (χ1n) is 7.24. The summed E-state index contributed by atoms with van der Waals surface area (Å²) in [6.45, 7) is 3.86. The highest BCUT2D eigenvalue weighted by Gasteiger charge is 2.30. The Morgan fingerprint density at radius 2 is 1.79 bits per heavy atom. The van der Waals surface area contributed by atoms with Crippen molar-refractivity contribution in [3.63, 3.8) is 0 Å². The molecule has 0 bridgehead atoms. The summed E-state index contributed by atoms with van der Waals surface area (Å²) in [5.41, 5.74) is -0.539. The number of nitrogens with zero attached hydrogens (tertiary/aromatic N) is 1. The molecular formula is C13H20ClN3O6S. The van der Waals surface area contributed by atoms with E-state index in [1.54, 1.807) is 0 Å². The van der Waals surface area contributed by atoms with Gasteiger partial charge in [-0.3, -0.25) is 10.1 Å². The number of hydrogen-bond donors (Lipinski definition) is 2. The molecular weight excluding hydrogens is 362 g/mol. The predicted octanol–water partition coefficient (Wildman–Crippen LogP) is 1.07. The van der Waals surface area contributed by atoms with Crippen LogP contribution in [0.1, 0.15) is 13.3 Å². The molecule has 0 saturated heterocycles. The second kappa shape index (κ2) is 9.02. The molecule has 24 heavy (non-hydrogen) atoms. The molecule has 11 heteroatoms. The Morgan fingerprint density at radius 1 is 1.17 bits per heavy atom. The van der Waals surface area contributed by atoms with Crippen LogP contribution in [-0.2, 0) is 10.0 Å². The number of nitro groups is 1. The standard InChI is InChI=1S/C13H19N3O6S.ClH/c1-2-3-14-4-5-15-23(19,20)13-9-12-11(21-6-7-22-12)8-10(13)16(17)18;/h8-9,14-15H,2-7H2,1H3;1H. The Hall–Kier alpha value is -1.62. The van der Waals surface area contributed by atoms with E-state index >= 15 is 0 Å². The van der Waals surface area contributed by atoms with Crippen LogP contribution in [0, 0.1) is 10.1 Å². The van der Waals surface area contributed by atoms with E-state index in [2.05, 4.69) is 10.0 Å². The van der Waals surface area contributed by atoms with E-state index in [9.17, 15) is 18.5 Å². The molecule has 2 rings (SSSR count). The average Bonchev–Trinajstić information content (AvgIpc) is 2.53. The lowest BCUT2D eigenvalue weighted by Gasteiger charge is -2.19. The summed E-state index contributed by atoms with van der Waals surface area (Å²) in [6.07, 6.45) is 0.931. The van der Waals surface area contributed by atoms with Crippen molar-refractivity contribution in [3.05, 3.63) is 22.2 Å². The minimum atomic E-state index is -4.02. The molecule has 1 aliphatic heterocycles. The van der Waals surface area contributed by atoms with Gasteiger partial charge in [-0.05, 0) is 13.0 Å². The normalized spacial score (nSPS) is 13.2. The number of sulfonamides is 1. The van der Waals surface area contributed by atoms with Crippen molar-refractivity contribution >= 4 is 28.1 Å². The summed E-state index contributed by atoms with van der Waals surface area (Å²) in [5.74, 6) is 0.359. The molecule has 0 amide bonds. The smallest absolute Gasteiger partial charge is 0.293 e. The average molecular weight is 382 g/mol. The van der Waals surface area contributed by atoms with Gasteiger partial charge in [-0.2, -0.15) is 0 Å². The van der Waals surface area contributed by atoms with Gasteiger partial charge in [0.15, 0.2) is 16.4 Å². The van der Waals surface area contributed by atoms with Crippen LogP contribution in [0.4, 0.5) is 5.69 Å². The lowest BCUT2D eigenvalue weighted by Crippen LogP contribution is -2.32. The van der Waals surface area contributed by atoms with E-state index in [1.165, 1.54) is 0 Å². The number of benzene rings is 1. The van der Waals surface area contributed by atoms with Crippen molar-refractivity contribution in [2.45, 2.75) is 18.2 Å². The van der Waals surface area contributed by atoms with Gasteiger partial charge in [-0.1, -0.05) is 6.92 Å². The van der Waals surface area contributed by atoms with Crippen molar-refractivity contribution in [2.24, 2.45) is 0 Å². The third-order valence-corrected chi connectivity index (χ3v) is 4.62. The summed E-state index contributed by atoms with van der Waals surface area (Å²) >= 11 is 0. The first-order chi connectivity index (χ1) is 11.0. The molecule has 0 spiro atoms. The van der Waals surface area contributed by atoms with E-state index < -0.39 is 25.5 Å². The van der Waals surface area contributed by atoms with Crippen molar-refractivity contribution in [3.8, 4) is 11.5 Å². The van der Waals surface area contributed by atoms with Gasteiger partial charge in [-0.15, -0.1) is 12.4 Å². The highest BCUT2D eigenvalue weighted by Crippen LogP contribution is 2.38. The monoisotopic (exact) mass is 381 g/mol. The Labute approximate surface area is 146 Å². The quantitative estimate of drug-likeness (QED) is 0.392. The van der Waals surface area contributed by atoms with Gasteiger partial charge in [0.05, 0.1) is 11.0 Å². The SMILES string of the molecule is CCCNCCNS(=O)(=O)c1cc2c(cc1[N+](=O)[O-])OCCO2.Cl. The topological polar surface area (TPSA) is 120 Å². The van der Waals surface area contributed by atoms with E-state index in [-0.39, 0.29) is 43.7 Å². The molecule has 0 radical (unpaired) electrons. The third-order valence-electron chi connectivity index (χ3n) is 3.13. The number of fused-ring (bicyclic) bond motifs is 1. The molecule has 0 saturated carbocycles. The molecule has 9 nitrogen and oxygen atoms in total. The van der Waals surface area contributed by atoms with Gasteiger partial charge in [0.1, 0.15) is 13.2 Å². The van der Waals surface area contributed by atoms with Gasteiger partial charge in [0, 0.05) is 19.2 Å². The fourth-order valence-electron chi connectivity index (χ4n) is 2.07. The molecule has 0 aliphatic carbocycles. The highest BCUT2D eigenvalue weighted by molar-refractivity contribution is 7.89. The zero-order valence-corrected chi connectivity index (χ0v) is 14.7. The van der Waals surface area contributed by atoms with Crippen LogP contribution >= 0.6 is 12.4 Å². The second-order valence-corrected chi connectivity index (χ2v) is 6.60. The molecule has 136 valence electrons. The van der Waals surface area contributed by atoms with Crippen molar-refractivity contribution in [1.29, 1.82) is 0 Å². The van der Waals surface area contributed by atoms with Crippen LogP contribution in [0.3, 0.4) is 0 Å². The van der Waals surface area contributed by atoms with Gasteiger partial charge >= 0.3 is 0 Å². The van der Waals surface area contributed by atoms with E-state index in [1.807, 2.05) is 6.92 Å². The molecule has 1 heterocycles. The lowest BCUT2D eigenvalue weighted by atomic mass is 10.2. The number of hydrogen-bond acceptors (Lipinski definition) is 7. The number of halogens is 1. The number of nitro benzene ring substituents is 1. The Kier molecular flexibility index (Phi) is 7.67. The van der Waals surface area contributed by atoms with Gasteiger partial charge in [-0.25, -0.2) is 13.1 Å². The van der Waals surface area contributed by atoms with Crippen LogP contribution in [-0.4, -0.2) is 46.2 Å². The zero-order chi connectivity index (χ0) is 16.9. The third kappa shape index (κ3) is 4.94. The maximum absolute atomic E-state index is 12.3. The summed E-state index contributed by atoms with van der Waals surface area (Å²) in [6, 6.07) is 2.22. The van der Waals surface area contributed by atoms with Crippen LogP contribution in [0.25, 0.3) is 0 Å². The van der Waals surface area contributed by atoms with Gasteiger partial charge in [0.25, 0.3) is 5.69 Å². The van der Waals surface area contributed by atoms with Crippen LogP contribution in [0.5, 0.6) is 11.5 Å². The largest absolute Gasteiger partial charge is 0.486 e. The van der Waals surface area contributed by atoms with Crippen LogP contribution in [0.2, 0.25) is 0 Å². The van der Waals surface area contributed by atoms with Gasteiger partial charge in [0.2, 0.25) is 10.0 Å². The van der Waals surface area contributed by atoms with E-state index in [0.717, 1.165) is 25.1 Å². The fourth-order valence-corrected chi connectivity index (χ4v) is 3.27. The summed E-state index contributed by atoms with van der Waals surface area (Å²) < 4.78 is 37.6. The minimum absolute atomic E-state index is 0. The maximum Gasteiger partial charge on any atom is 0.293 e. The van der Waals surface area contributed by atoms with Crippen molar-refractivity contribution < 1.29 is 22.8 Å². The van der Waals surface area contributed by atoms with Crippen molar-refractivity contribution in [1.82, 2.24) is 10.0 Å². The summed E-state index contributed by atoms with van der Waals surface area (Å²) in [4.78, 5) is 10.00. The van der Waals surface area contributed by atoms with E-state index in [0.29, 0.717) is 6.54 Å². The first-order valence-corrected chi connectivity index (χ1v) is 8.72. The molecule has 0 aromatic heterocycles. The molecule has 0 atom stereocenters. The van der Waals surface area contributed by atoms with Gasteiger partial charge < -0.3 is 14.8 Å². The maximum atomic E-state index is 12.3. The first kappa shape index (κ1) is 20.4. The number of nitrogens with one attached hydrogen (secondary N) is 2. The number of ether oxygens (including phenoxy) is 2. The molecule has 0 fully saturated rings. The van der Waals surface area contributed by atoms with Crippen LogP contribution in [0.15, 0.2) is 17.0 Å².